The van der Waals surface area contributed by atoms with Gasteiger partial charge in [0, 0.05) is 5.69 Å². The van der Waals surface area contributed by atoms with Gasteiger partial charge >= 0.3 is 5.97 Å². The van der Waals surface area contributed by atoms with Gasteiger partial charge < -0.3 is 14.8 Å². The molecule has 2 aromatic rings. The van der Waals surface area contributed by atoms with Crippen molar-refractivity contribution in [3.63, 3.8) is 0 Å². The summed E-state index contributed by atoms with van der Waals surface area (Å²) in [5, 5.41) is 5.51. The third-order valence-electron chi connectivity index (χ3n) is 4.03. The Kier molecular flexibility index (Phi) is 7.52. The Hall–Kier alpha value is -2.93. The molecule has 0 unspecified atom stereocenters. The molecule has 2 N–H and O–H groups in total. The SMILES string of the molecule is COC(=O)c1cccc(NC(=S)NC(=O)COc2ccc(C(C)C)c(C)c2)c1. The number of anilines is 1. The number of esters is 1. The van der Waals surface area contributed by atoms with Crippen LogP contribution < -0.4 is 15.4 Å². The van der Waals surface area contributed by atoms with Gasteiger partial charge in [-0.3, -0.25) is 10.1 Å². The standard InChI is InChI=1S/C21H24N2O4S/c1-13(2)18-9-8-17(10-14(18)3)27-12-19(24)23-21(28)22-16-7-5-6-15(11-16)20(25)26-4/h5-11,13H,12H2,1-4H3,(H2,22,23,24,28). The van der Waals surface area contributed by atoms with Gasteiger partial charge in [0.15, 0.2) is 11.7 Å². The van der Waals surface area contributed by atoms with Crippen LogP contribution in [0, 0.1) is 6.92 Å². The molecule has 0 aliphatic carbocycles. The van der Waals surface area contributed by atoms with Crippen LogP contribution in [-0.2, 0) is 9.53 Å². The summed E-state index contributed by atoms with van der Waals surface area (Å²) < 4.78 is 10.2. The topological polar surface area (TPSA) is 76.7 Å². The summed E-state index contributed by atoms with van der Waals surface area (Å²) in [7, 11) is 1.31. The van der Waals surface area contributed by atoms with E-state index in [1.807, 2.05) is 25.1 Å². The molecular formula is C21H24N2O4S. The molecule has 0 heterocycles. The van der Waals surface area contributed by atoms with Crippen LogP contribution in [0.4, 0.5) is 5.69 Å². The van der Waals surface area contributed by atoms with Crippen molar-refractivity contribution in [1.29, 1.82) is 0 Å². The molecule has 6 nitrogen and oxygen atoms in total. The number of hydrogen-bond acceptors (Lipinski definition) is 5. The smallest absolute Gasteiger partial charge is 0.337 e. The van der Waals surface area contributed by atoms with E-state index in [2.05, 4.69) is 29.2 Å². The fourth-order valence-corrected chi connectivity index (χ4v) is 2.93. The average molecular weight is 401 g/mol. The number of nitrogens with one attached hydrogen (secondary N) is 2. The molecule has 7 heteroatoms. The summed E-state index contributed by atoms with van der Waals surface area (Å²) >= 11 is 5.13. The summed E-state index contributed by atoms with van der Waals surface area (Å²) in [5.74, 6) is 0.221. The number of benzene rings is 2. The van der Waals surface area contributed by atoms with E-state index in [1.165, 1.54) is 12.7 Å². The van der Waals surface area contributed by atoms with E-state index >= 15 is 0 Å². The number of carbonyl (C=O) groups excluding carboxylic acids is 2. The summed E-state index contributed by atoms with van der Waals surface area (Å²) in [4.78, 5) is 23.6. The molecule has 0 aliphatic heterocycles. The predicted molar refractivity (Wildman–Crippen MR) is 113 cm³/mol. The van der Waals surface area contributed by atoms with Gasteiger partial charge in [0.2, 0.25) is 0 Å². The van der Waals surface area contributed by atoms with Gasteiger partial charge in [-0.2, -0.15) is 0 Å². The molecule has 0 atom stereocenters. The quantitative estimate of drug-likeness (QED) is 0.567. The Morgan fingerprint density at radius 1 is 1.14 bits per heavy atom. The molecule has 0 aromatic heterocycles. The predicted octanol–water partition coefficient (Wildman–Crippen LogP) is 3.80. The van der Waals surface area contributed by atoms with Crippen LogP contribution >= 0.6 is 12.2 Å². The number of hydrogen-bond donors (Lipinski definition) is 2. The van der Waals surface area contributed by atoms with Gasteiger partial charge in [0.25, 0.3) is 5.91 Å². The van der Waals surface area contributed by atoms with Crippen molar-refractivity contribution < 1.29 is 19.1 Å². The molecule has 2 aromatic carbocycles. The van der Waals surface area contributed by atoms with Crippen molar-refractivity contribution in [2.75, 3.05) is 19.0 Å². The fraction of sp³-hybridized carbons (Fsp3) is 0.286. The van der Waals surface area contributed by atoms with E-state index in [9.17, 15) is 9.59 Å². The molecule has 28 heavy (non-hydrogen) atoms. The minimum atomic E-state index is -0.453. The zero-order chi connectivity index (χ0) is 20.7. The maximum atomic E-state index is 12.1. The number of carbonyl (C=O) groups is 2. The van der Waals surface area contributed by atoms with Gasteiger partial charge in [0.05, 0.1) is 12.7 Å². The minimum Gasteiger partial charge on any atom is -0.484 e. The maximum absolute atomic E-state index is 12.1. The number of aryl methyl sites for hydroxylation is 1. The molecule has 0 saturated carbocycles. The van der Waals surface area contributed by atoms with E-state index in [4.69, 9.17) is 17.0 Å². The van der Waals surface area contributed by atoms with Crippen LogP contribution in [-0.4, -0.2) is 30.7 Å². The van der Waals surface area contributed by atoms with E-state index in [-0.39, 0.29) is 17.6 Å². The first-order valence-corrected chi connectivity index (χ1v) is 9.23. The number of amides is 1. The normalized spacial score (nSPS) is 10.3. The Labute approximate surface area is 170 Å². The summed E-state index contributed by atoms with van der Waals surface area (Å²) in [6.45, 7) is 6.12. The van der Waals surface area contributed by atoms with Gasteiger partial charge in [-0.15, -0.1) is 0 Å². The molecule has 0 radical (unpaired) electrons. The average Bonchev–Trinajstić information content (AvgIpc) is 2.65. The number of rotatable bonds is 6. The monoisotopic (exact) mass is 400 g/mol. The number of thiocarbonyl (C=S) groups is 1. The van der Waals surface area contributed by atoms with Crippen LogP contribution in [0.5, 0.6) is 5.75 Å². The van der Waals surface area contributed by atoms with E-state index in [0.717, 1.165) is 5.56 Å². The lowest BCUT2D eigenvalue weighted by Gasteiger charge is -2.13. The van der Waals surface area contributed by atoms with Crippen LogP contribution in [0.15, 0.2) is 42.5 Å². The molecule has 0 fully saturated rings. The highest BCUT2D eigenvalue weighted by Crippen LogP contribution is 2.23. The Morgan fingerprint density at radius 2 is 1.89 bits per heavy atom. The third-order valence-corrected chi connectivity index (χ3v) is 4.23. The summed E-state index contributed by atoms with van der Waals surface area (Å²) in [6, 6.07) is 12.4. The molecule has 0 saturated heterocycles. The Bertz CT molecular complexity index is 880. The minimum absolute atomic E-state index is 0.113. The third kappa shape index (κ3) is 6.06. The first kappa shape index (κ1) is 21.4. The zero-order valence-corrected chi connectivity index (χ0v) is 17.2. The molecule has 0 aliphatic rings. The van der Waals surface area contributed by atoms with Crippen molar-refractivity contribution in [2.24, 2.45) is 0 Å². The number of methoxy groups -OCH3 is 1. The maximum Gasteiger partial charge on any atom is 0.337 e. The molecular weight excluding hydrogens is 376 g/mol. The largest absolute Gasteiger partial charge is 0.484 e. The Morgan fingerprint density at radius 3 is 2.54 bits per heavy atom. The van der Waals surface area contributed by atoms with E-state index in [0.29, 0.717) is 22.9 Å². The summed E-state index contributed by atoms with van der Waals surface area (Å²) in [6.07, 6.45) is 0. The second kappa shape index (κ2) is 9.85. The van der Waals surface area contributed by atoms with Crippen LogP contribution in [0.25, 0.3) is 0 Å². The second-order valence-corrected chi connectivity index (χ2v) is 6.94. The molecule has 148 valence electrons. The summed E-state index contributed by atoms with van der Waals surface area (Å²) in [5.41, 5.74) is 3.31. The first-order valence-electron chi connectivity index (χ1n) is 8.82. The van der Waals surface area contributed by atoms with Crippen LogP contribution in [0.1, 0.15) is 41.3 Å². The number of ether oxygens (including phenoxy) is 2. The van der Waals surface area contributed by atoms with Crippen molar-refractivity contribution in [1.82, 2.24) is 5.32 Å². The van der Waals surface area contributed by atoms with Crippen molar-refractivity contribution in [2.45, 2.75) is 26.7 Å². The zero-order valence-electron chi connectivity index (χ0n) is 16.4. The molecule has 2 rings (SSSR count). The van der Waals surface area contributed by atoms with E-state index < -0.39 is 5.97 Å². The van der Waals surface area contributed by atoms with Crippen LogP contribution in [0.2, 0.25) is 0 Å². The Balaban J connectivity index is 1.87. The molecule has 0 spiro atoms. The molecule has 1 amide bonds. The lowest BCUT2D eigenvalue weighted by Crippen LogP contribution is -2.37. The van der Waals surface area contributed by atoms with Crippen molar-refractivity contribution >= 4 is 34.9 Å². The van der Waals surface area contributed by atoms with Crippen LogP contribution in [0.3, 0.4) is 0 Å². The lowest BCUT2D eigenvalue weighted by molar-refractivity contribution is -0.121. The van der Waals surface area contributed by atoms with Crippen molar-refractivity contribution in [3.05, 3.63) is 59.2 Å². The fourth-order valence-electron chi connectivity index (χ4n) is 2.70. The second-order valence-electron chi connectivity index (χ2n) is 6.54. The highest BCUT2D eigenvalue weighted by molar-refractivity contribution is 7.80. The highest BCUT2D eigenvalue weighted by atomic mass is 32.1. The van der Waals surface area contributed by atoms with Crippen molar-refractivity contribution in [3.8, 4) is 5.75 Å². The van der Waals surface area contributed by atoms with Gasteiger partial charge in [0.1, 0.15) is 5.75 Å². The van der Waals surface area contributed by atoms with E-state index in [1.54, 1.807) is 24.3 Å². The molecule has 0 bridgehead atoms. The van der Waals surface area contributed by atoms with Gasteiger partial charge in [-0.1, -0.05) is 26.0 Å². The van der Waals surface area contributed by atoms with Gasteiger partial charge in [-0.25, -0.2) is 4.79 Å². The lowest BCUT2D eigenvalue weighted by atomic mass is 9.98. The van der Waals surface area contributed by atoms with Gasteiger partial charge in [-0.05, 0) is 66.5 Å². The first-order chi connectivity index (χ1) is 13.3. The highest BCUT2D eigenvalue weighted by Gasteiger charge is 2.10.